The largest absolute Gasteiger partial charge is 0.467 e. The monoisotopic (exact) mass is 412 g/mol. The van der Waals surface area contributed by atoms with Gasteiger partial charge in [0.1, 0.15) is 11.9 Å². The van der Waals surface area contributed by atoms with Crippen molar-refractivity contribution in [2.24, 2.45) is 5.92 Å². The first-order valence-electron chi connectivity index (χ1n) is 9.36. The van der Waals surface area contributed by atoms with Gasteiger partial charge < -0.3 is 10.1 Å². The molecule has 1 atom stereocenters. The van der Waals surface area contributed by atoms with Crippen molar-refractivity contribution in [1.29, 1.82) is 0 Å². The van der Waals surface area contributed by atoms with Crippen LogP contribution in [0.25, 0.3) is 0 Å². The minimum absolute atomic E-state index is 0.00802. The number of imide groups is 1. The van der Waals surface area contributed by atoms with E-state index in [0.29, 0.717) is 5.56 Å². The van der Waals surface area contributed by atoms with Gasteiger partial charge in [0, 0.05) is 5.56 Å². The molecule has 0 saturated carbocycles. The Morgan fingerprint density at radius 2 is 1.67 bits per heavy atom. The number of esters is 1. The van der Waals surface area contributed by atoms with Crippen LogP contribution in [-0.4, -0.2) is 41.7 Å². The predicted octanol–water partition coefficient (Wildman–Crippen LogP) is 2.55. The van der Waals surface area contributed by atoms with Crippen LogP contribution in [0.15, 0.2) is 42.5 Å². The highest BCUT2D eigenvalue weighted by Gasteiger charge is 2.36. The summed E-state index contributed by atoms with van der Waals surface area (Å²) in [6.45, 7) is 3.52. The molecule has 0 saturated heterocycles. The molecule has 30 heavy (non-hydrogen) atoms. The number of fused-ring (bicyclic) bond motifs is 1. The van der Waals surface area contributed by atoms with Gasteiger partial charge in [-0.25, -0.2) is 9.18 Å². The molecule has 3 amide bonds. The van der Waals surface area contributed by atoms with E-state index in [2.05, 4.69) is 5.32 Å². The Morgan fingerprint density at radius 3 is 2.27 bits per heavy atom. The van der Waals surface area contributed by atoms with E-state index in [0.717, 1.165) is 4.90 Å². The summed E-state index contributed by atoms with van der Waals surface area (Å²) in [4.78, 5) is 50.9. The van der Waals surface area contributed by atoms with Crippen molar-refractivity contribution in [1.82, 2.24) is 10.2 Å². The van der Waals surface area contributed by atoms with Crippen LogP contribution in [0.3, 0.4) is 0 Å². The number of halogens is 1. The Balaban J connectivity index is 1.81. The molecule has 156 valence electrons. The predicted molar refractivity (Wildman–Crippen MR) is 105 cm³/mol. The summed E-state index contributed by atoms with van der Waals surface area (Å²) in [6, 6.07) is 8.83. The van der Waals surface area contributed by atoms with Crippen molar-refractivity contribution < 1.29 is 28.3 Å². The Kier molecular flexibility index (Phi) is 5.96. The van der Waals surface area contributed by atoms with Gasteiger partial charge in [-0.05, 0) is 41.8 Å². The van der Waals surface area contributed by atoms with Crippen LogP contribution in [0, 0.1) is 11.7 Å². The first kappa shape index (κ1) is 21.2. The van der Waals surface area contributed by atoms with Crippen molar-refractivity contribution in [3.63, 3.8) is 0 Å². The minimum atomic E-state index is -0.844. The Labute approximate surface area is 172 Å². The molecule has 1 N–H and O–H groups in total. The number of nitrogens with one attached hydrogen (secondary N) is 1. The Hall–Kier alpha value is -3.55. The molecule has 3 rings (SSSR count). The highest BCUT2D eigenvalue weighted by Crippen LogP contribution is 2.26. The normalized spacial score (nSPS) is 14.0. The second-order valence-corrected chi connectivity index (χ2v) is 7.30. The topological polar surface area (TPSA) is 92.8 Å². The van der Waals surface area contributed by atoms with Gasteiger partial charge in [0.05, 0.1) is 24.8 Å². The summed E-state index contributed by atoms with van der Waals surface area (Å²) < 4.78 is 17.8. The third-order valence-corrected chi connectivity index (χ3v) is 4.90. The van der Waals surface area contributed by atoms with E-state index < -0.39 is 35.5 Å². The quantitative estimate of drug-likeness (QED) is 0.582. The van der Waals surface area contributed by atoms with Crippen LogP contribution in [-0.2, 0) is 16.1 Å². The number of nitrogens with zero attached hydrogens (tertiary/aromatic N) is 1. The molecule has 0 radical (unpaired) electrons. The van der Waals surface area contributed by atoms with Crippen LogP contribution < -0.4 is 5.32 Å². The molecule has 2 aromatic rings. The van der Waals surface area contributed by atoms with Crippen molar-refractivity contribution in [3.8, 4) is 0 Å². The first-order valence-corrected chi connectivity index (χ1v) is 9.36. The number of hydrogen-bond donors (Lipinski definition) is 1. The molecule has 0 bridgehead atoms. The number of benzene rings is 2. The molecule has 1 aliphatic rings. The minimum Gasteiger partial charge on any atom is -0.467 e. The number of hydrogen-bond acceptors (Lipinski definition) is 5. The first-order chi connectivity index (χ1) is 14.2. The van der Waals surface area contributed by atoms with Crippen LogP contribution >= 0.6 is 0 Å². The number of amides is 3. The maximum atomic E-state index is 13.1. The fourth-order valence-electron chi connectivity index (χ4n) is 3.20. The van der Waals surface area contributed by atoms with Crippen LogP contribution in [0.4, 0.5) is 4.39 Å². The average molecular weight is 412 g/mol. The summed E-state index contributed by atoms with van der Waals surface area (Å²) >= 11 is 0. The van der Waals surface area contributed by atoms with E-state index in [1.54, 1.807) is 13.8 Å². The van der Waals surface area contributed by atoms with Gasteiger partial charge in [0.25, 0.3) is 17.7 Å². The molecule has 0 fully saturated rings. The molecular weight excluding hydrogens is 391 g/mol. The number of carbonyl (C=O) groups excluding carboxylic acids is 4. The van der Waals surface area contributed by atoms with E-state index in [1.165, 1.54) is 49.6 Å². The Morgan fingerprint density at radius 1 is 1.03 bits per heavy atom. The SMILES string of the molecule is COC(=O)[C@@H](NC(=O)c1ccc2c(c1)C(=O)N(Cc1ccc(F)cc1)C2=O)C(C)C. The molecule has 1 heterocycles. The molecule has 7 nitrogen and oxygen atoms in total. The zero-order valence-corrected chi connectivity index (χ0v) is 16.8. The molecule has 8 heteroatoms. The summed E-state index contributed by atoms with van der Waals surface area (Å²) in [5.74, 6) is -2.77. The van der Waals surface area contributed by atoms with E-state index in [9.17, 15) is 23.6 Å². The fraction of sp³-hybridized carbons (Fsp3) is 0.273. The zero-order chi connectivity index (χ0) is 22.0. The molecule has 0 unspecified atom stereocenters. The average Bonchev–Trinajstić information content (AvgIpc) is 2.97. The third-order valence-electron chi connectivity index (χ3n) is 4.90. The summed E-state index contributed by atoms with van der Waals surface area (Å²) in [6.07, 6.45) is 0. The highest BCUT2D eigenvalue weighted by atomic mass is 19.1. The molecule has 0 aliphatic carbocycles. The second-order valence-electron chi connectivity index (χ2n) is 7.30. The lowest BCUT2D eigenvalue weighted by Gasteiger charge is -2.19. The maximum absolute atomic E-state index is 13.1. The third kappa shape index (κ3) is 4.07. The van der Waals surface area contributed by atoms with Crippen LogP contribution in [0.1, 0.15) is 50.5 Å². The van der Waals surface area contributed by atoms with Gasteiger partial charge in [-0.1, -0.05) is 26.0 Å². The standard InChI is InChI=1S/C22H21FN2O5/c1-12(2)18(22(29)30-3)24-19(26)14-6-9-16-17(10-14)21(28)25(20(16)27)11-13-4-7-15(23)8-5-13/h4-10,12,18H,11H2,1-3H3,(H,24,26)/t18-/m0/s1. The lowest BCUT2D eigenvalue weighted by atomic mass is 10.0. The van der Waals surface area contributed by atoms with Crippen molar-refractivity contribution in [2.45, 2.75) is 26.4 Å². The number of methoxy groups -OCH3 is 1. The number of carbonyl (C=O) groups is 4. The van der Waals surface area contributed by atoms with E-state index in [1.807, 2.05) is 0 Å². The smallest absolute Gasteiger partial charge is 0.328 e. The molecule has 2 aromatic carbocycles. The van der Waals surface area contributed by atoms with Crippen molar-refractivity contribution in [3.05, 3.63) is 70.5 Å². The van der Waals surface area contributed by atoms with Crippen LogP contribution in [0.2, 0.25) is 0 Å². The van der Waals surface area contributed by atoms with Crippen molar-refractivity contribution >= 4 is 23.7 Å². The van der Waals surface area contributed by atoms with Gasteiger partial charge in [0.2, 0.25) is 0 Å². The van der Waals surface area contributed by atoms with E-state index in [-0.39, 0.29) is 29.2 Å². The van der Waals surface area contributed by atoms with Gasteiger partial charge >= 0.3 is 5.97 Å². The van der Waals surface area contributed by atoms with Crippen molar-refractivity contribution in [2.75, 3.05) is 7.11 Å². The molecule has 0 aromatic heterocycles. The second kappa shape index (κ2) is 8.44. The zero-order valence-electron chi connectivity index (χ0n) is 16.8. The molecule has 0 spiro atoms. The maximum Gasteiger partial charge on any atom is 0.328 e. The number of rotatable bonds is 6. The van der Waals surface area contributed by atoms with Crippen LogP contribution in [0.5, 0.6) is 0 Å². The fourth-order valence-corrected chi connectivity index (χ4v) is 3.20. The van der Waals surface area contributed by atoms with E-state index >= 15 is 0 Å². The van der Waals surface area contributed by atoms with Gasteiger partial charge in [-0.15, -0.1) is 0 Å². The van der Waals surface area contributed by atoms with E-state index in [4.69, 9.17) is 4.74 Å². The molecule has 1 aliphatic heterocycles. The van der Waals surface area contributed by atoms with Gasteiger partial charge in [-0.2, -0.15) is 0 Å². The lowest BCUT2D eigenvalue weighted by molar-refractivity contribution is -0.144. The number of ether oxygens (including phenoxy) is 1. The van der Waals surface area contributed by atoms with Gasteiger partial charge in [0.15, 0.2) is 0 Å². The Bertz CT molecular complexity index is 1020. The summed E-state index contributed by atoms with van der Waals surface area (Å²) in [5, 5.41) is 2.60. The van der Waals surface area contributed by atoms with Gasteiger partial charge in [-0.3, -0.25) is 19.3 Å². The summed E-state index contributed by atoms with van der Waals surface area (Å²) in [7, 11) is 1.24. The summed E-state index contributed by atoms with van der Waals surface area (Å²) in [5.41, 5.74) is 1.04. The highest BCUT2D eigenvalue weighted by molar-refractivity contribution is 6.22. The lowest BCUT2D eigenvalue weighted by Crippen LogP contribution is -2.45. The molecular formula is C22H21FN2O5.